The summed E-state index contributed by atoms with van der Waals surface area (Å²) in [5, 5.41) is 15.7. The molecule has 2 amide bonds. The van der Waals surface area contributed by atoms with E-state index in [1.807, 2.05) is 19.1 Å². The van der Waals surface area contributed by atoms with E-state index in [0.717, 1.165) is 10.0 Å². The molecule has 0 fully saturated rings. The van der Waals surface area contributed by atoms with Crippen molar-refractivity contribution in [2.45, 2.75) is 19.9 Å². The number of carboxylic acids is 1. The lowest BCUT2D eigenvalue weighted by Gasteiger charge is -2.19. The molecule has 0 bridgehead atoms. The lowest BCUT2D eigenvalue weighted by atomic mass is 10.2. The topological polar surface area (TPSA) is 105 Å². The second kappa shape index (κ2) is 7.28. The zero-order chi connectivity index (χ0) is 18.8. The van der Waals surface area contributed by atoms with Crippen molar-refractivity contribution in [3.05, 3.63) is 45.7 Å². The largest absolute Gasteiger partial charge is 0.476 e. The van der Waals surface area contributed by atoms with Crippen LogP contribution in [0.25, 0.3) is 0 Å². The Morgan fingerprint density at radius 3 is 2.77 bits per heavy atom. The van der Waals surface area contributed by atoms with Crippen molar-refractivity contribution in [1.29, 1.82) is 0 Å². The van der Waals surface area contributed by atoms with Crippen LogP contribution in [0.15, 0.2) is 28.7 Å². The molecule has 0 radical (unpaired) electrons. The van der Waals surface area contributed by atoms with Gasteiger partial charge in [0.2, 0.25) is 5.91 Å². The van der Waals surface area contributed by atoms with Gasteiger partial charge in [-0.05, 0) is 47.0 Å². The summed E-state index contributed by atoms with van der Waals surface area (Å²) in [5.74, 6) is -1.91. The van der Waals surface area contributed by atoms with E-state index >= 15 is 0 Å². The minimum absolute atomic E-state index is 0.118. The molecule has 136 valence electrons. The van der Waals surface area contributed by atoms with Gasteiger partial charge in [0.05, 0.1) is 5.69 Å². The van der Waals surface area contributed by atoms with E-state index < -0.39 is 11.9 Å². The van der Waals surface area contributed by atoms with Crippen LogP contribution < -0.4 is 5.32 Å². The Balaban J connectivity index is 1.73. The highest BCUT2D eigenvalue weighted by molar-refractivity contribution is 9.10. The summed E-state index contributed by atoms with van der Waals surface area (Å²) < 4.78 is 2.15. The minimum atomic E-state index is -1.19. The Labute approximate surface area is 157 Å². The van der Waals surface area contributed by atoms with Gasteiger partial charge in [0.1, 0.15) is 12.2 Å². The second-order valence-corrected chi connectivity index (χ2v) is 6.91. The van der Waals surface area contributed by atoms with Crippen LogP contribution in [0.4, 0.5) is 5.69 Å². The molecule has 1 aliphatic rings. The highest BCUT2D eigenvalue weighted by Crippen LogP contribution is 2.23. The third-order valence-electron chi connectivity index (χ3n) is 4.04. The van der Waals surface area contributed by atoms with Crippen LogP contribution in [0.2, 0.25) is 0 Å². The lowest BCUT2D eigenvalue weighted by molar-refractivity contribution is -0.116. The number of carbonyl (C=O) groups excluding carboxylic acids is 2. The predicted molar refractivity (Wildman–Crippen MR) is 97.2 cm³/mol. The monoisotopic (exact) mass is 420 g/mol. The van der Waals surface area contributed by atoms with Crippen molar-refractivity contribution in [2.24, 2.45) is 0 Å². The molecule has 1 aliphatic heterocycles. The number of aromatic carboxylic acids is 1. The quantitative estimate of drug-likeness (QED) is 0.787. The van der Waals surface area contributed by atoms with Crippen molar-refractivity contribution < 1.29 is 19.5 Å². The number of halogens is 1. The summed E-state index contributed by atoms with van der Waals surface area (Å²) in [6.45, 7) is 2.65. The summed E-state index contributed by atoms with van der Waals surface area (Å²) in [5.41, 5.74) is 1.69. The molecular weight excluding hydrogens is 404 g/mol. The standard InChI is InChI=1S/C17H17BrN4O4/c1-10-3-4-12(11(18)7-10)19-15(23)9-21-5-2-6-22-14(16(21)24)8-13(20-22)17(25)26/h3-4,7-8H,2,5-6,9H2,1H3,(H,19,23)(H,25,26). The molecule has 2 N–H and O–H groups in total. The molecule has 0 atom stereocenters. The molecule has 0 aliphatic carbocycles. The van der Waals surface area contributed by atoms with E-state index in [0.29, 0.717) is 25.2 Å². The lowest BCUT2D eigenvalue weighted by Crippen LogP contribution is -2.38. The third-order valence-corrected chi connectivity index (χ3v) is 4.69. The van der Waals surface area contributed by atoms with Gasteiger partial charge in [-0.2, -0.15) is 5.10 Å². The van der Waals surface area contributed by atoms with Crippen LogP contribution in [0.3, 0.4) is 0 Å². The van der Waals surface area contributed by atoms with Gasteiger partial charge >= 0.3 is 5.97 Å². The van der Waals surface area contributed by atoms with E-state index in [2.05, 4.69) is 26.3 Å². The SMILES string of the molecule is Cc1ccc(NC(=O)CN2CCCn3nc(C(=O)O)cc3C2=O)c(Br)c1. The Morgan fingerprint density at radius 1 is 1.31 bits per heavy atom. The number of carbonyl (C=O) groups is 3. The molecule has 3 rings (SSSR count). The molecule has 0 unspecified atom stereocenters. The van der Waals surface area contributed by atoms with Gasteiger partial charge < -0.3 is 15.3 Å². The fourth-order valence-corrected chi connectivity index (χ4v) is 3.37. The number of aryl methyl sites for hydroxylation is 2. The number of aromatic nitrogens is 2. The van der Waals surface area contributed by atoms with Crippen LogP contribution >= 0.6 is 15.9 Å². The highest BCUT2D eigenvalue weighted by Gasteiger charge is 2.27. The molecule has 26 heavy (non-hydrogen) atoms. The summed E-state index contributed by atoms with van der Waals surface area (Å²) in [6.07, 6.45) is 0.584. The number of carboxylic acid groups (broad SMARTS) is 1. The minimum Gasteiger partial charge on any atom is -0.476 e. The molecule has 8 nitrogen and oxygen atoms in total. The number of nitrogens with zero attached hydrogens (tertiary/aromatic N) is 3. The number of rotatable bonds is 4. The van der Waals surface area contributed by atoms with E-state index in [4.69, 9.17) is 5.11 Å². The van der Waals surface area contributed by atoms with Gasteiger partial charge in [0, 0.05) is 23.6 Å². The van der Waals surface area contributed by atoms with Crippen molar-refractivity contribution in [1.82, 2.24) is 14.7 Å². The van der Waals surface area contributed by atoms with E-state index in [-0.39, 0.29) is 23.8 Å². The van der Waals surface area contributed by atoms with Crippen molar-refractivity contribution in [2.75, 3.05) is 18.4 Å². The van der Waals surface area contributed by atoms with Crippen molar-refractivity contribution >= 4 is 39.4 Å². The van der Waals surface area contributed by atoms with E-state index in [1.165, 1.54) is 15.6 Å². The van der Waals surface area contributed by atoms with Crippen molar-refractivity contribution in [3.8, 4) is 0 Å². The average molecular weight is 421 g/mol. The first-order chi connectivity index (χ1) is 12.3. The van der Waals surface area contributed by atoms with Gasteiger partial charge in [-0.3, -0.25) is 14.3 Å². The molecule has 1 aromatic heterocycles. The maximum Gasteiger partial charge on any atom is 0.356 e. The molecule has 9 heteroatoms. The number of fused-ring (bicyclic) bond motifs is 1. The number of anilines is 1. The Bertz CT molecular complexity index is 893. The van der Waals surface area contributed by atoms with Crippen molar-refractivity contribution in [3.63, 3.8) is 0 Å². The molecule has 2 heterocycles. The Hall–Kier alpha value is -2.68. The smallest absolute Gasteiger partial charge is 0.356 e. The Morgan fingerprint density at radius 2 is 2.08 bits per heavy atom. The average Bonchev–Trinajstić information content (AvgIpc) is 2.95. The first kappa shape index (κ1) is 18.1. The van der Waals surface area contributed by atoms with Gasteiger partial charge in [-0.15, -0.1) is 0 Å². The second-order valence-electron chi connectivity index (χ2n) is 6.05. The fourth-order valence-electron chi connectivity index (χ4n) is 2.77. The molecule has 0 spiro atoms. The molecule has 0 saturated carbocycles. The first-order valence-corrected chi connectivity index (χ1v) is 8.81. The van der Waals surface area contributed by atoms with Crippen LogP contribution in [-0.2, 0) is 11.3 Å². The number of hydrogen-bond donors (Lipinski definition) is 2. The maximum absolute atomic E-state index is 12.7. The number of amides is 2. The number of benzene rings is 1. The van der Waals surface area contributed by atoms with Gasteiger partial charge in [0.15, 0.2) is 5.69 Å². The zero-order valence-electron chi connectivity index (χ0n) is 14.0. The highest BCUT2D eigenvalue weighted by atomic mass is 79.9. The normalized spacial score (nSPS) is 13.9. The Kier molecular flexibility index (Phi) is 5.08. The van der Waals surface area contributed by atoms with Crippen LogP contribution in [0.5, 0.6) is 0 Å². The summed E-state index contributed by atoms with van der Waals surface area (Å²) in [7, 11) is 0. The molecule has 1 aromatic carbocycles. The van der Waals surface area contributed by atoms with Crippen LogP contribution in [0.1, 0.15) is 33.0 Å². The van der Waals surface area contributed by atoms with Crippen LogP contribution in [0, 0.1) is 6.92 Å². The fraction of sp³-hybridized carbons (Fsp3) is 0.294. The summed E-state index contributed by atoms with van der Waals surface area (Å²) in [6, 6.07) is 6.80. The molecular formula is C17H17BrN4O4. The summed E-state index contributed by atoms with van der Waals surface area (Å²) in [4.78, 5) is 37.5. The van der Waals surface area contributed by atoms with E-state index in [1.54, 1.807) is 6.07 Å². The van der Waals surface area contributed by atoms with Gasteiger partial charge in [-0.1, -0.05) is 6.07 Å². The predicted octanol–water partition coefficient (Wildman–Crippen LogP) is 2.14. The van der Waals surface area contributed by atoms with Crippen LogP contribution in [-0.4, -0.2) is 50.7 Å². The number of nitrogens with one attached hydrogen (secondary N) is 1. The van der Waals surface area contributed by atoms with E-state index in [9.17, 15) is 14.4 Å². The van der Waals surface area contributed by atoms with Gasteiger partial charge in [-0.25, -0.2) is 4.79 Å². The zero-order valence-corrected chi connectivity index (χ0v) is 15.6. The molecule has 2 aromatic rings. The first-order valence-electron chi connectivity index (χ1n) is 8.01. The van der Waals surface area contributed by atoms with Gasteiger partial charge in [0.25, 0.3) is 5.91 Å². The summed E-state index contributed by atoms with van der Waals surface area (Å²) >= 11 is 3.40. The maximum atomic E-state index is 12.7. The number of hydrogen-bond acceptors (Lipinski definition) is 4. The molecule has 0 saturated heterocycles. The third kappa shape index (κ3) is 3.77.